The first kappa shape index (κ1) is 16.2. The smallest absolute Gasteiger partial charge is 0.367 e. The van der Waals surface area contributed by atoms with Crippen molar-refractivity contribution in [2.24, 2.45) is 5.41 Å². The molecule has 2 rings (SSSR count). The maximum Gasteiger partial charge on any atom is 0.367 e. The summed E-state index contributed by atoms with van der Waals surface area (Å²) in [5.74, 6) is -1.74. The zero-order chi connectivity index (χ0) is 15.9. The molecule has 0 bridgehead atoms. The van der Waals surface area contributed by atoms with Gasteiger partial charge in [-0.15, -0.1) is 0 Å². The van der Waals surface area contributed by atoms with E-state index in [9.17, 15) is 9.18 Å². The molecule has 0 spiro atoms. The van der Waals surface area contributed by atoms with Crippen LogP contribution in [0.15, 0.2) is 23.6 Å². The van der Waals surface area contributed by atoms with Crippen LogP contribution in [0.5, 0.6) is 0 Å². The van der Waals surface area contributed by atoms with Crippen molar-refractivity contribution in [3.05, 3.63) is 23.6 Å². The second-order valence-corrected chi connectivity index (χ2v) is 6.86. The van der Waals surface area contributed by atoms with E-state index >= 15 is 0 Å². The summed E-state index contributed by atoms with van der Waals surface area (Å²) in [6.45, 7) is 9.88. The Morgan fingerprint density at radius 1 is 1.33 bits per heavy atom. The molecule has 0 amide bonds. The molecule has 0 radical (unpaired) electrons. The Bertz CT molecular complexity index is 506. The van der Waals surface area contributed by atoms with Crippen LogP contribution in [-0.4, -0.2) is 23.8 Å². The third-order valence-electron chi connectivity index (χ3n) is 4.96. The molecule has 0 N–H and O–H groups in total. The molecule has 1 saturated heterocycles. The van der Waals surface area contributed by atoms with Crippen molar-refractivity contribution in [1.29, 1.82) is 0 Å². The van der Waals surface area contributed by atoms with E-state index in [1.807, 2.05) is 6.08 Å². The van der Waals surface area contributed by atoms with E-state index < -0.39 is 11.8 Å². The zero-order valence-corrected chi connectivity index (χ0v) is 13.6. The molecule has 2 aliphatic rings. The number of fused-ring (bicyclic) bond motifs is 1. The third-order valence-corrected chi connectivity index (χ3v) is 4.96. The average Bonchev–Trinajstić information content (AvgIpc) is 3.03. The molecule has 0 aromatic heterocycles. The lowest BCUT2D eigenvalue weighted by atomic mass is 9.64. The van der Waals surface area contributed by atoms with Gasteiger partial charge in [-0.2, -0.15) is 4.39 Å². The Hall–Kier alpha value is -1.16. The predicted molar refractivity (Wildman–Crippen MR) is 79.4 cm³/mol. The molecule has 1 heterocycles. The van der Waals surface area contributed by atoms with Crippen molar-refractivity contribution < 1.29 is 18.7 Å². The summed E-state index contributed by atoms with van der Waals surface area (Å²) in [5, 5.41) is 0. The fourth-order valence-electron chi connectivity index (χ4n) is 3.58. The lowest BCUT2D eigenvalue weighted by molar-refractivity contribution is -0.140. The van der Waals surface area contributed by atoms with E-state index in [-0.39, 0.29) is 28.8 Å². The maximum absolute atomic E-state index is 13.9. The number of halogens is 1. The van der Waals surface area contributed by atoms with Gasteiger partial charge in [-0.25, -0.2) is 4.79 Å². The van der Waals surface area contributed by atoms with Gasteiger partial charge in [0.05, 0.1) is 12.2 Å². The van der Waals surface area contributed by atoms with Crippen molar-refractivity contribution in [3.63, 3.8) is 0 Å². The molecule has 1 aliphatic heterocycles. The molecule has 4 heteroatoms. The van der Waals surface area contributed by atoms with Crippen molar-refractivity contribution in [1.82, 2.24) is 0 Å². The molecule has 0 unspecified atom stereocenters. The first-order valence-electron chi connectivity index (χ1n) is 7.62. The van der Waals surface area contributed by atoms with Crippen LogP contribution in [0.1, 0.15) is 53.9 Å². The normalized spacial score (nSPS) is 35.1. The Labute approximate surface area is 126 Å². The molecule has 118 valence electrons. The fourth-order valence-corrected chi connectivity index (χ4v) is 3.58. The topological polar surface area (TPSA) is 38.8 Å². The van der Waals surface area contributed by atoms with Gasteiger partial charge in [-0.1, -0.05) is 19.9 Å². The summed E-state index contributed by atoms with van der Waals surface area (Å²) in [6.07, 6.45) is 6.83. The van der Waals surface area contributed by atoms with Crippen LogP contribution in [0.25, 0.3) is 0 Å². The largest absolute Gasteiger partial charge is 0.461 e. The van der Waals surface area contributed by atoms with Crippen LogP contribution < -0.4 is 0 Å². The minimum Gasteiger partial charge on any atom is -0.461 e. The predicted octanol–water partition coefficient (Wildman–Crippen LogP) is 4.09. The van der Waals surface area contributed by atoms with Crippen LogP contribution in [0.4, 0.5) is 4.39 Å². The van der Waals surface area contributed by atoms with Gasteiger partial charge >= 0.3 is 5.97 Å². The summed E-state index contributed by atoms with van der Waals surface area (Å²) in [6, 6.07) is 0. The monoisotopic (exact) mass is 296 g/mol. The Morgan fingerprint density at radius 3 is 2.57 bits per heavy atom. The summed E-state index contributed by atoms with van der Waals surface area (Å²) in [4.78, 5) is 11.4. The van der Waals surface area contributed by atoms with Gasteiger partial charge in [0.2, 0.25) is 5.83 Å². The van der Waals surface area contributed by atoms with Crippen LogP contribution in [-0.2, 0) is 14.3 Å². The van der Waals surface area contributed by atoms with Crippen molar-refractivity contribution >= 4 is 5.97 Å². The second kappa shape index (κ2) is 5.24. The quantitative estimate of drug-likeness (QED) is 0.339. The first-order chi connectivity index (χ1) is 9.69. The molecule has 2 fully saturated rings. The highest BCUT2D eigenvalue weighted by Gasteiger charge is 2.73. The molecule has 3 nitrogen and oxygen atoms in total. The Kier molecular flexibility index (Phi) is 4.04. The van der Waals surface area contributed by atoms with Crippen LogP contribution in [0, 0.1) is 5.41 Å². The minimum absolute atomic E-state index is 0.0111. The van der Waals surface area contributed by atoms with Gasteiger partial charge in [-0.05, 0) is 51.7 Å². The van der Waals surface area contributed by atoms with E-state index in [2.05, 4.69) is 25.5 Å². The number of carbonyl (C=O) groups excluding carboxylic acids is 1. The van der Waals surface area contributed by atoms with E-state index in [1.165, 1.54) is 0 Å². The molecule has 0 aromatic rings. The number of carbonyl (C=O) groups is 1. The highest BCUT2D eigenvalue weighted by atomic mass is 19.1. The molecule has 0 aromatic carbocycles. The van der Waals surface area contributed by atoms with Crippen molar-refractivity contribution in [2.75, 3.05) is 6.61 Å². The summed E-state index contributed by atoms with van der Waals surface area (Å²) in [5.41, 5.74) is -0.223. The number of esters is 1. The van der Waals surface area contributed by atoms with Gasteiger partial charge in [0, 0.05) is 5.41 Å². The van der Waals surface area contributed by atoms with E-state index in [0.29, 0.717) is 0 Å². The lowest BCUT2D eigenvalue weighted by Gasteiger charge is -2.36. The minimum atomic E-state index is -0.903. The van der Waals surface area contributed by atoms with Gasteiger partial charge in [-0.3, -0.25) is 0 Å². The highest BCUT2D eigenvalue weighted by molar-refractivity contribution is 5.87. The molecular formula is C17H25FO3. The number of ether oxygens (including phenoxy) is 2. The van der Waals surface area contributed by atoms with E-state index in [4.69, 9.17) is 4.74 Å². The molecule has 1 aliphatic carbocycles. The highest BCUT2D eigenvalue weighted by Crippen LogP contribution is 2.66. The summed E-state index contributed by atoms with van der Waals surface area (Å²) >= 11 is 0. The number of hydrogen-bond donors (Lipinski definition) is 0. The summed E-state index contributed by atoms with van der Waals surface area (Å²) < 4.78 is 24.6. The van der Waals surface area contributed by atoms with Crippen molar-refractivity contribution in [2.45, 2.75) is 65.1 Å². The SMILES string of the molecule is CCOC(=O)/C(F)=C(C)\C=C\[C@@]12O[C@]1(C)CCCC2(C)C. The fraction of sp³-hybridized carbons (Fsp3) is 0.706. The maximum atomic E-state index is 13.9. The van der Waals surface area contributed by atoms with Gasteiger partial charge in [0.1, 0.15) is 5.60 Å². The van der Waals surface area contributed by atoms with E-state index in [0.717, 1.165) is 19.3 Å². The number of allylic oxidation sites excluding steroid dienone is 2. The third kappa shape index (κ3) is 2.54. The first-order valence-corrected chi connectivity index (χ1v) is 7.62. The van der Waals surface area contributed by atoms with Gasteiger partial charge < -0.3 is 9.47 Å². The van der Waals surface area contributed by atoms with E-state index in [1.54, 1.807) is 19.9 Å². The van der Waals surface area contributed by atoms with Crippen LogP contribution >= 0.6 is 0 Å². The van der Waals surface area contributed by atoms with Crippen LogP contribution in [0.3, 0.4) is 0 Å². The standard InChI is InChI=1S/C17H25FO3/c1-6-20-14(19)13(18)12(2)8-11-17-15(3,4)9-7-10-16(17,5)21-17/h8,11H,6-7,9-10H2,1-5H3/b11-8+,13-12+/t16-,17+/m1/s1. The molecular weight excluding hydrogens is 271 g/mol. The Balaban J connectivity index is 2.21. The average molecular weight is 296 g/mol. The van der Waals surface area contributed by atoms with Gasteiger partial charge in [0.25, 0.3) is 0 Å². The van der Waals surface area contributed by atoms with Crippen LogP contribution in [0.2, 0.25) is 0 Å². The molecule has 1 saturated carbocycles. The number of rotatable bonds is 4. The zero-order valence-electron chi connectivity index (χ0n) is 13.6. The summed E-state index contributed by atoms with van der Waals surface area (Å²) in [7, 11) is 0. The molecule has 21 heavy (non-hydrogen) atoms. The van der Waals surface area contributed by atoms with Gasteiger partial charge in [0.15, 0.2) is 0 Å². The van der Waals surface area contributed by atoms with Crippen molar-refractivity contribution in [3.8, 4) is 0 Å². The second-order valence-electron chi connectivity index (χ2n) is 6.86. The number of epoxide rings is 1. The Morgan fingerprint density at radius 2 is 2.00 bits per heavy atom. The molecule has 2 atom stereocenters. The lowest BCUT2D eigenvalue weighted by Crippen LogP contribution is -2.41. The number of hydrogen-bond acceptors (Lipinski definition) is 3.